The monoisotopic (exact) mass is 599 g/mol. The molecule has 0 radical (unpaired) electrons. The summed E-state index contributed by atoms with van der Waals surface area (Å²) in [7, 11) is 0. The summed E-state index contributed by atoms with van der Waals surface area (Å²) >= 11 is 1.62. The number of urea groups is 1. The number of fused-ring (bicyclic) bond motifs is 2. The van der Waals surface area contributed by atoms with E-state index in [0.717, 1.165) is 15.4 Å². The molecule has 3 N–H and O–H groups in total. The van der Waals surface area contributed by atoms with Crippen LogP contribution in [-0.4, -0.2) is 45.6 Å². The highest BCUT2D eigenvalue weighted by Crippen LogP contribution is 2.46. The maximum Gasteiger partial charge on any atom is 0.319 e. The standard InChI is InChI=1S/C32H33N5O5S/c1-32(2,30-35-26-21(17-5-3-4-6-17)13-18(16-7-8-16)14-24(26)43-30)36-31(42)33-19-9-10-20-22(15-19)29(41)37(28(20)40)23-11-12-25(38)34-27(23)39/h9-10,13-17,23H,3-8,11-12H2,1-2H3,(H2,33,36,42)(H,34,38,39). The molecule has 2 aliphatic heterocycles. The number of aromatic nitrogens is 1. The van der Waals surface area contributed by atoms with E-state index in [0.29, 0.717) is 17.5 Å². The van der Waals surface area contributed by atoms with Gasteiger partial charge in [-0.15, -0.1) is 11.3 Å². The predicted molar refractivity (Wildman–Crippen MR) is 161 cm³/mol. The number of hydrogen-bond acceptors (Lipinski definition) is 7. The minimum Gasteiger partial charge on any atom is -0.326 e. The molecule has 11 heteroatoms. The average molecular weight is 600 g/mol. The molecule has 7 rings (SSSR count). The SMILES string of the molecule is CC(C)(NC(=O)Nc1ccc2c(c1)C(=O)N(C1CCC(=O)NC1=O)C2=O)c1nc2c(C3CCCC3)cc(C3CC3)cc2s1. The van der Waals surface area contributed by atoms with E-state index >= 15 is 0 Å². The zero-order chi connectivity index (χ0) is 30.0. The molecule has 3 heterocycles. The minimum atomic E-state index is -1.05. The molecule has 3 aromatic rings. The van der Waals surface area contributed by atoms with E-state index in [1.54, 1.807) is 17.4 Å². The van der Waals surface area contributed by atoms with Gasteiger partial charge in [0.1, 0.15) is 11.0 Å². The molecule has 6 amide bonds. The second-order valence-corrected chi connectivity index (χ2v) is 13.7. The number of carbonyl (C=O) groups is 5. The van der Waals surface area contributed by atoms with E-state index in [1.165, 1.54) is 66.5 Å². The Morgan fingerprint density at radius 1 is 0.953 bits per heavy atom. The first kappa shape index (κ1) is 27.7. The second-order valence-electron chi connectivity index (χ2n) is 12.6. The molecular formula is C32H33N5O5S. The molecule has 4 aliphatic rings. The zero-order valence-corrected chi connectivity index (χ0v) is 24.9. The summed E-state index contributed by atoms with van der Waals surface area (Å²) in [6, 6.07) is 7.61. The van der Waals surface area contributed by atoms with Crippen molar-refractivity contribution in [3.63, 3.8) is 0 Å². The third-order valence-electron chi connectivity index (χ3n) is 9.05. The van der Waals surface area contributed by atoms with Crippen molar-refractivity contribution in [1.82, 2.24) is 20.5 Å². The highest BCUT2D eigenvalue weighted by Gasteiger charge is 2.44. The lowest BCUT2D eigenvalue weighted by atomic mass is 9.93. The highest BCUT2D eigenvalue weighted by molar-refractivity contribution is 7.18. The zero-order valence-electron chi connectivity index (χ0n) is 24.1. The molecular weight excluding hydrogens is 566 g/mol. The van der Waals surface area contributed by atoms with Crippen molar-refractivity contribution in [3.8, 4) is 0 Å². The van der Waals surface area contributed by atoms with Crippen LogP contribution in [0.1, 0.15) is 114 Å². The van der Waals surface area contributed by atoms with Gasteiger partial charge in [-0.2, -0.15) is 0 Å². The summed E-state index contributed by atoms with van der Waals surface area (Å²) in [4.78, 5) is 69.2. The Hall–Kier alpha value is -4.12. The molecule has 2 aliphatic carbocycles. The summed E-state index contributed by atoms with van der Waals surface area (Å²) in [5.41, 5.74) is 3.63. The molecule has 0 spiro atoms. The number of hydrogen-bond donors (Lipinski definition) is 3. The van der Waals surface area contributed by atoms with Crippen LogP contribution in [0.4, 0.5) is 10.5 Å². The van der Waals surface area contributed by atoms with E-state index in [2.05, 4.69) is 28.1 Å². The third-order valence-corrected chi connectivity index (χ3v) is 10.4. The normalized spacial score (nSPS) is 21.0. The van der Waals surface area contributed by atoms with Crippen molar-refractivity contribution < 1.29 is 24.0 Å². The van der Waals surface area contributed by atoms with Crippen LogP contribution in [-0.2, 0) is 15.1 Å². The number of rotatable bonds is 6. The lowest BCUT2D eigenvalue weighted by Gasteiger charge is -2.27. The number of carbonyl (C=O) groups excluding carboxylic acids is 5. The topological polar surface area (TPSA) is 138 Å². The number of thiazole rings is 1. The van der Waals surface area contributed by atoms with Gasteiger partial charge in [0.05, 0.1) is 26.9 Å². The van der Waals surface area contributed by atoms with Crippen LogP contribution in [0.2, 0.25) is 0 Å². The van der Waals surface area contributed by atoms with Crippen molar-refractivity contribution >= 4 is 56.9 Å². The third kappa shape index (κ3) is 4.99. The summed E-state index contributed by atoms with van der Waals surface area (Å²) in [6.45, 7) is 3.84. The fourth-order valence-corrected chi connectivity index (χ4v) is 7.70. The Balaban J connectivity index is 1.09. The van der Waals surface area contributed by atoms with Crippen LogP contribution in [0.15, 0.2) is 30.3 Å². The van der Waals surface area contributed by atoms with Gasteiger partial charge in [0.2, 0.25) is 11.8 Å². The molecule has 43 heavy (non-hydrogen) atoms. The predicted octanol–water partition coefficient (Wildman–Crippen LogP) is 5.29. The van der Waals surface area contributed by atoms with Crippen molar-refractivity contribution in [2.75, 3.05) is 5.32 Å². The number of amides is 6. The number of nitrogens with zero attached hydrogens (tertiary/aromatic N) is 2. The smallest absolute Gasteiger partial charge is 0.319 e. The van der Waals surface area contributed by atoms with Crippen LogP contribution >= 0.6 is 11.3 Å². The van der Waals surface area contributed by atoms with Gasteiger partial charge in [0.25, 0.3) is 11.8 Å². The van der Waals surface area contributed by atoms with Crippen molar-refractivity contribution in [3.05, 3.63) is 57.6 Å². The summed E-state index contributed by atoms with van der Waals surface area (Å²) in [5, 5.41) is 8.82. The Kier molecular flexibility index (Phi) is 6.61. The maximum absolute atomic E-state index is 13.2. The minimum absolute atomic E-state index is 0.0464. The Morgan fingerprint density at radius 2 is 1.70 bits per heavy atom. The first-order chi connectivity index (χ1) is 20.6. The van der Waals surface area contributed by atoms with Gasteiger partial charge in [-0.1, -0.05) is 18.9 Å². The van der Waals surface area contributed by atoms with Gasteiger partial charge >= 0.3 is 6.03 Å². The maximum atomic E-state index is 13.2. The molecule has 222 valence electrons. The van der Waals surface area contributed by atoms with Crippen LogP contribution in [0, 0.1) is 0 Å². The molecule has 1 unspecified atom stereocenters. The Morgan fingerprint density at radius 3 is 2.42 bits per heavy atom. The van der Waals surface area contributed by atoms with E-state index in [9.17, 15) is 24.0 Å². The van der Waals surface area contributed by atoms with Gasteiger partial charge in [0.15, 0.2) is 0 Å². The molecule has 1 atom stereocenters. The van der Waals surface area contributed by atoms with E-state index < -0.39 is 41.2 Å². The Bertz CT molecular complexity index is 1720. The molecule has 3 fully saturated rings. The van der Waals surface area contributed by atoms with Gasteiger partial charge < -0.3 is 10.6 Å². The van der Waals surface area contributed by atoms with Crippen LogP contribution in [0.5, 0.6) is 0 Å². The molecule has 10 nitrogen and oxygen atoms in total. The van der Waals surface area contributed by atoms with Crippen molar-refractivity contribution in [2.45, 2.75) is 88.6 Å². The summed E-state index contributed by atoms with van der Waals surface area (Å²) < 4.78 is 1.17. The highest BCUT2D eigenvalue weighted by atomic mass is 32.1. The molecule has 1 aromatic heterocycles. The molecule has 2 saturated carbocycles. The van der Waals surface area contributed by atoms with Crippen LogP contribution < -0.4 is 16.0 Å². The number of nitrogens with one attached hydrogen (secondary N) is 3. The van der Waals surface area contributed by atoms with Crippen molar-refractivity contribution in [1.29, 1.82) is 0 Å². The van der Waals surface area contributed by atoms with Gasteiger partial charge in [-0.3, -0.25) is 29.4 Å². The second kappa shape index (κ2) is 10.3. The van der Waals surface area contributed by atoms with Crippen LogP contribution in [0.25, 0.3) is 10.2 Å². The number of anilines is 1. The first-order valence-electron chi connectivity index (χ1n) is 15.0. The lowest BCUT2D eigenvalue weighted by Crippen LogP contribution is -2.54. The molecule has 1 saturated heterocycles. The lowest BCUT2D eigenvalue weighted by molar-refractivity contribution is -0.136. The number of benzene rings is 2. The Labute approximate surface area is 252 Å². The van der Waals surface area contributed by atoms with Gasteiger partial charge in [-0.25, -0.2) is 9.78 Å². The van der Waals surface area contributed by atoms with E-state index in [4.69, 9.17) is 4.98 Å². The fourth-order valence-electron chi connectivity index (χ4n) is 6.59. The van der Waals surface area contributed by atoms with E-state index in [-0.39, 0.29) is 24.0 Å². The molecule has 2 aromatic carbocycles. The van der Waals surface area contributed by atoms with Gasteiger partial charge in [-0.05, 0) is 93.2 Å². The summed E-state index contributed by atoms with van der Waals surface area (Å²) in [6.07, 6.45) is 7.50. The van der Waals surface area contributed by atoms with E-state index in [1.807, 2.05) is 13.8 Å². The van der Waals surface area contributed by atoms with Crippen molar-refractivity contribution in [2.24, 2.45) is 0 Å². The van der Waals surface area contributed by atoms with Crippen LogP contribution in [0.3, 0.4) is 0 Å². The molecule has 0 bridgehead atoms. The number of imide groups is 2. The van der Waals surface area contributed by atoms with Gasteiger partial charge in [0, 0.05) is 12.1 Å². The average Bonchev–Trinajstić information content (AvgIpc) is 3.38. The summed E-state index contributed by atoms with van der Waals surface area (Å²) in [5.74, 6) is -1.13. The largest absolute Gasteiger partial charge is 0.326 e. The fraction of sp³-hybridized carbons (Fsp3) is 0.438. The first-order valence-corrected chi connectivity index (χ1v) is 15.8. The quantitative estimate of drug-likeness (QED) is 0.329. The number of piperidine rings is 1.